The molecular formula is C14H10N4O8. The molecule has 0 fully saturated rings. The van der Waals surface area contributed by atoms with E-state index in [1.165, 1.54) is 13.2 Å². The zero-order valence-corrected chi connectivity index (χ0v) is 13.1. The largest absolute Gasteiger partial charge is 0.495 e. The van der Waals surface area contributed by atoms with Crippen LogP contribution in [0.3, 0.4) is 0 Å². The number of hydrogen-bond acceptors (Lipinski definition) is 8. The number of anilines is 1. The second-order valence-electron chi connectivity index (χ2n) is 4.81. The molecule has 0 saturated heterocycles. The smallest absolute Gasteiger partial charge is 0.289 e. The van der Waals surface area contributed by atoms with Gasteiger partial charge in [0.1, 0.15) is 11.3 Å². The van der Waals surface area contributed by atoms with E-state index in [1.54, 1.807) is 0 Å². The van der Waals surface area contributed by atoms with Crippen molar-refractivity contribution in [2.45, 2.75) is 0 Å². The minimum atomic E-state index is -0.981. The Morgan fingerprint density at radius 3 is 2.04 bits per heavy atom. The van der Waals surface area contributed by atoms with Crippen molar-refractivity contribution in [3.05, 3.63) is 72.3 Å². The number of benzene rings is 2. The summed E-state index contributed by atoms with van der Waals surface area (Å²) >= 11 is 0. The Labute approximate surface area is 144 Å². The lowest BCUT2D eigenvalue weighted by Crippen LogP contribution is -2.15. The maximum absolute atomic E-state index is 12.4. The van der Waals surface area contributed by atoms with Crippen LogP contribution in [-0.2, 0) is 0 Å². The zero-order chi connectivity index (χ0) is 19.4. The summed E-state index contributed by atoms with van der Waals surface area (Å²) in [5.74, 6) is -0.890. The van der Waals surface area contributed by atoms with Crippen LogP contribution >= 0.6 is 0 Å². The minimum absolute atomic E-state index is 0.0839. The van der Waals surface area contributed by atoms with Crippen LogP contribution in [0, 0.1) is 30.3 Å². The summed E-state index contributed by atoms with van der Waals surface area (Å²) in [5.41, 5.74) is -2.20. The van der Waals surface area contributed by atoms with Gasteiger partial charge in [-0.25, -0.2) is 0 Å². The predicted molar refractivity (Wildman–Crippen MR) is 87.4 cm³/mol. The van der Waals surface area contributed by atoms with Gasteiger partial charge in [0, 0.05) is 18.2 Å². The number of hydrogen-bond donors (Lipinski definition) is 1. The summed E-state index contributed by atoms with van der Waals surface area (Å²) in [6.45, 7) is 0. The van der Waals surface area contributed by atoms with Gasteiger partial charge >= 0.3 is 0 Å². The lowest BCUT2D eigenvalue weighted by molar-refractivity contribution is -0.394. The lowest BCUT2D eigenvalue weighted by Gasteiger charge is -2.10. The Kier molecular flexibility index (Phi) is 5.06. The van der Waals surface area contributed by atoms with Gasteiger partial charge in [-0.15, -0.1) is 0 Å². The van der Waals surface area contributed by atoms with Crippen molar-refractivity contribution >= 4 is 28.7 Å². The van der Waals surface area contributed by atoms with E-state index in [4.69, 9.17) is 4.74 Å². The molecule has 12 nitrogen and oxygen atoms in total. The maximum atomic E-state index is 12.4. The van der Waals surface area contributed by atoms with Crippen molar-refractivity contribution in [2.24, 2.45) is 0 Å². The summed E-state index contributed by atoms with van der Waals surface area (Å²) in [6.07, 6.45) is 0. The monoisotopic (exact) mass is 362 g/mol. The molecular weight excluding hydrogens is 352 g/mol. The molecule has 134 valence electrons. The predicted octanol–water partition coefficient (Wildman–Crippen LogP) is 2.67. The summed E-state index contributed by atoms with van der Waals surface area (Å²) in [6, 6.07) is 5.94. The van der Waals surface area contributed by atoms with Gasteiger partial charge in [0.05, 0.1) is 33.6 Å². The molecule has 12 heteroatoms. The second kappa shape index (κ2) is 7.21. The third kappa shape index (κ3) is 3.69. The maximum Gasteiger partial charge on any atom is 0.289 e. The van der Waals surface area contributed by atoms with Crippen molar-refractivity contribution in [3.63, 3.8) is 0 Å². The molecule has 1 N–H and O–H groups in total. The van der Waals surface area contributed by atoms with Gasteiger partial charge in [-0.1, -0.05) is 0 Å². The number of non-ortho nitro benzene ring substituents is 2. The van der Waals surface area contributed by atoms with Gasteiger partial charge < -0.3 is 10.1 Å². The van der Waals surface area contributed by atoms with Gasteiger partial charge in [0.2, 0.25) is 0 Å². The average molecular weight is 362 g/mol. The fourth-order valence-corrected chi connectivity index (χ4v) is 2.07. The molecule has 0 unspecified atom stereocenters. The first-order valence-electron chi connectivity index (χ1n) is 6.81. The van der Waals surface area contributed by atoms with Crippen LogP contribution in [0.4, 0.5) is 22.7 Å². The van der Waals surface area contributed by atoms with E-state index >= 15 is 0 Å². The molecule has 0 bridgehead atoms. The Morgan fingerprint density at radius 1 is 0.923 bits per heavy atom. The van der Waals surface area contributed by atoms with Crippen LogP contribution in [0.1, 0.15) is 10.4 Å². The second-order valence-corrected chi connectivity index (χ2v) is 4.81. The SMILES string of the molecule is COc1ccc([N+](=O)[O-])cc1NC(=O)c1ccc([N+](=O)[O-])cc1[N+](=O)[O-]. The first kappa shape index (κ1) is 18.3. The van der Waals surface area contributed by atoms with Crippen LogP contribution in [0.5, 0.6) is 5.75 Å². The molecule has 0 aromatic heterocycles. The number of nitro groups is 3. The molecule has 0 aliphatic carbocycles. The fourth-order valence-electron chi connectivity index (χ4n) is 2.07. The summed E-state index contributed by atoms with van der Waals surface area (Å²) in [5, 5.41) is 35.0. The molecule has 26 heavy (non-hydrogen) atoms. The highest BCUT2D eigenvalue weighted by Gasteiger charge is 2.25. The van der Waals surface area contributed by atoms with Crippen molar-refractivity contribution in [2.75, 3.05) is 12.4 Å². The quantitative estimate of drug-likeness (QED) is 0.604. The number of rotatable bonds is 6. The van der Waals surface area contributed by atoms with Gasteiger partial charge in [-0.3, -0.25) is 35.1 Å². The van der Waals surface area contributed by atoms with Crippen LogP contribution in [0.25, 0.3) is 0 Å². The van der Waals surface area contributed by atoms with E-state index in [2.05, 4.69) is 5.32 Å². The third-order valence-electron chi connectivity index (χ3n) is 3.28. The normalized spacial score (nSPS) is 10.0. The molecule has 0 aliphatic rings. The van der Waals surface area contributed by atoms with E-state index in [-0.39, 0.29) is 17.1 Å². The number of nitro benzene ring substituents is 3. The Balaban J connectivity index is 2.45. The number of ether oxygens (including phenoxy) is 1. The molecule has 0 heterocycles. The molecule has 2 aromatic rings. The number of carbonyl (C=O) groups is 1. The summed E-state index contributed by atoms with van der Waals surface area (Å²) < 4.78 is 4.98. The van der Waals surface area contributed by atoms with Crippen molar-refractivity contribution < 1.29 is 24.3 Å². The van der Waals surface area contributed by atoms with E-state index in [0.29, 0.717) is 6.07 Å². The van der Waals surface area contributed by atoms with Gasteiger partial charge in [0.15, 0.2) is 0 Å². The Morgan fingerprint density at radius 2 is 1.50 bits per heavy atom. The standard InChI is InChI=1S/C14H10N4O8/c1-26-13-5-3-8(16(20)21)6-11(13)15-14(19)10-4-2-9(17(22)23)7-12(10)18(24)25/h2-7H,1H3,(H,15,19). The lowest BCUT2D eigenvalue weighted by atomic mass is 10.1. The molecule has 2 rings (SSSR count). The first-order chi connectivity index (χ1) is 12.2. The van der Waals surface area contributed by atoms with Crippen molar-refractivity contribution in [3.8, 4) is 5.75 Å². The Bertz CT molecular complexity index is 927. The number of nitrogens with one attached hydrogen (secondary N) is 1. The van der Waals surface area contributed by atoms with Crippen LogP contribution < -0.4 is 10.1 Å². The minimum Gasteiger partial charge on any atom is -0.495 e. The van der Waals surface area contributed by atoms with E-state index in [0.717, 1.165) is 24.3 Å². The summed E-state index contributed by atoms with van der Waals surface area (Å²) in [4.78, 5) is 42.6. The molecule has 0 aliphatic heterocycles. The Hall–Kier alpha value is -4.09. The number of nitrogens with zero attached hydrogens (tertiary/aromatic N) is 3. The topological polar surface area (TPSA) is 168 Å². The molecule has 1 amide bonds. The van der Waals surface area contributed by atoms with E-state index < -0.39 is 37.6 Å². The highest BCUT2D eigenvalue weighted by Crippen LogP contribution is 2.31. The van der Waals surface area contributed by atoms with Crippen molar-refractivity contribution in [1.29, 1.82) is 0 Å². The average Bonchev–Trinajstić information content (AvgIpc) is 2.60. The van der Waals surface area contributed by atoms with Gasteiger partial charge in [-0.05, 0) is 12.1 Å². The number of amides is 1. The van der Waals surface area contributed by atoms with Gasteiger partial charge in [0.25, 0.3) is 23.0 Å². The molecule has 0 radical (unpaired) electrons. The first-order valence-corrected chi connectivity index (χ1v) is 6.81. The zero-order valence-electron chi connectivity index (χ0n) is 13.1. The molecule has 0 atom stereocenters. The van der Waals surface area contributed by atoms with Crippen LogP contribution in [-0.4, -0.2) is 27.8 Å². The molecule has 0 saturated carbocycles. The highest BCUT2D eigenvalue weighted by molar-refractivity contribution is 6.08. The number of methoxy groups -OCH3 is 1. The fraction of sp³-hybridized carbons (Fsp3) is 0.0714. The molecule has 2 aromatic carbocycles. The highest BCUT2D eigenvalue weighted by atomic mass is 16.6. The third-order valence-corrected chi connectivity index (χ3v) is 3.28. The molecule has 0 spiro atoms. The summed E-state index contributed by atoms with van der Waals surface area (Å²) in [7, 11) is 1.27. The van der Waals surface area contributed by atoms with E-state index in [1.807, 2.05) is 0 Å². The van der Waals surface area contributed by atoms with E-state index in [9.17, 15) is 35.1 Å². The van der Waals surface area contributed by atoms with Crippen molar-refractivity contribution in [1.82, 2.24) is 0 Å². The number of carbonyl (C=O) groups excluding carboxylic acids is 1. The van der Waals surface area contributed by atoms with Gasteiger partial charge in [-0.2, -0.15) is 0 Å². The van der Waals surface area contributed by atoms with Crippen LogP contribution in [0.15, 0.2) is 36.4 Å². The van der Waals surface area contributed by atoms with Crippen LogP contribution in [0.2, 0.25) is 0 Å².